The molecule has 0 radical (unpaired) electrons. The first-order valence-corrected chi connectivity index (χ1v) is 7.77. The Kier molecular flexibility index (Phi) is 8.52. The average molecular weight is 277 g/mol. The predicted octanol–water partition coefficient (Wildman–Crippen LogP) is 4.57. The van der Waals surface area contributed by atoms with Gasteiger partial charge in [-0.05, 0) is 18.6 Å². The van der Waals surface area contributed by atoms with Gasteiger partial charge in [0.1, 0.15) is 0 Å². The summed E-state index contributed by atoms with van der Waals surface area (Å²) in [6, 6.07) is 7.02. The van der Waals surface area contributed by atoms with E-state index in [4.69, 9.17) is 10.5 Å². The molecule has 0 aliphatic carbocycles. The van der Waals surface area contributed by atoms with Gasteiger partial charge in [0.2, 0.25) is 0 Å². The van der Waals surface area contributed by atoms with Crippen LogP contribution < -0.4 is 5.73 Å². The molecular formula is C17H27NO2. The molecule has 0 fully saturated rings. The van der Waals surface area contributed by atoms with Crippen LogP contribution in [0.25, 0.3) is 0 Å². The Hall–Kier alpha value is -1.51. The quantitative estimate of drug-likeness (QED) is 0.387. The second-order valence-electron chi connectivity index (χ2n) is 5.20. The van der Waals surface area contributed by atoms with Crippen LogP contribution in [0.1, 0.15) is 68.6 Å². The lowest BCUT2D eigenvalue weighted by molar-refractivity contribution is 0.0499. The summed E-state index contributed by atoms with van der Waals surface area (Å²) in [5, 5.41) is 0. The van der Waals surface area contributed by atoms with Crippen LogP contribution in [0, 0.1) is 0 Å². The molecule has 0 aliphatic heterocycles. The third kappa shape index (κ3) is 6.60. The zero-order valence-electron chi connectivity index (χ0n) is 12.6. The van der Waals surface area contributed by atoms with E-state index in [2.05, 4.69) is 6.92 Å². The Bertz CT molecular complexity index is 390. The zero-order valence-corrected chi connectivity index (χ0v) is 12.6. The molecule has 0 atom stereocenters. The Morgan fingerprint density at radius 3 is 2.25 bits per heavy atom. The first-order valence-electron chi connectivity index (χ1n) is 7.77. The predicted molar refractivity (Wildman–Crippen MR) is 83.7 cm³/mol. The van der Waals surface area contributed by atoms with Crippen molar-refractivity contribution in [2.45, 2.75) is 58.3 Å². The van der Waals surface area contributed by atoms with Gasteiger partial charge in [0.05, 0.1) is 12.2 Å². The highest BCUT2D eigenvalue weighted by molar-refractivity contribution is 5.94. The number of para-hydroxylation sites is 1. The van der Waals surface area contributed by atoms with E-state index in [1.165, 1.54) is 38.5 Å². The van der Waals surface area contributed by atoms with Crippen LogP contribution in [-0.2, 0) is 4.74 Å². The van der Waals surface area contributed by atoms with E-state index >= 15 is 0 Å². The van der Waals surface area contributed by atoms with Crippen LogP contribution in [0.15, 0.2) is 24.3 Å². The molecule has 0 saturated carbocycles. The Morgan fingerprint density at radius 2 is 1.60 bits per heavy atom. The molecule has 2 N–H and O–H groups in total. The van der Waals surface area contributed by atoms with Gasteiger partial charge >= 0.3 is 5.97 Å². The summed E-state index contributed by atoms with van der Waals surface area (Å²) in [5.74, 6) is -0.314. The van der Waals surface area contributed by atoms with Crippen molar-refractivity contribution >= 4 is 11.7 Å². The lowest BCUT2D eigenvalue weighted by Crippen LogP contribution is -2.09. The summed E-state index contributed by atoms with van der Waals surface area (Å²) in [6.07, 6.45) is 9.89. The minimum atomic E-state index is -0.314. The summed E-state index contributed by atoms with van der Waals surface area (Å²) >= 11 is 0. The third-order valence-electron chi connectivity index (χ3n) is 3.41. The van der Waals surface area contributed by atoms with Crippen LogP contribution in [0.5, 0.6) is 0 Å². The lowest BCUT2D eigenvalue weighted by Gasteiger charge is -2.06. The molecule has 112 valence electrons. The number of anilines is 1. The highest BCUT2D eigenvalue weighted by Gasteiger charge is 2.09. The fraction of sp³-hybridized carbons (Fsp3) is 0.588. The monoisotopic (exact) mass is 277 g/mol. The maximum absolute atomic E-state index is 11.8. The molecular weight excluding hydrogens is 250 g/mol. The molecule has 3 nitrogen and oxygen atoms in total. The van der Waals surface area contributed by atoms with Crippen molar-refractivity contribution < 1.29 is 9.53 Å². The Labute approximate surface area is 122 Å². The second kappa shape index (κ2) is 10.3. The van der Waals surface area contributed by atoms with E-state index < -0.39 is 0 Å². The minimum Gasteiger partial charge on any atom is -0.462 e. The van der Waals surface area contributed by atoms with Crippen molar-refractivity contribution in [3.63, 3.8) is 0 Å². The van der Waals surface area contributed by atoms with Gasteiger partial charge in [-0.15, -0.1) is 0 Å². The maximum atomic E-state index is 11.8. The smallest absolute Gasteiger partial charge is 0.340 e. The van der Waals surface area contributed by atoms with Crippen molar-refractivity contribution in [1.29, 1.82) is 0 Å². The average Bonchev–Trinajstić information content (AvgIpc) is 2.46. The van der Waals surface area contributed by atoms with Crippen molar-refractivity contribution in [2.24, 2.45) is 0 Å². The van der Waals surface area contributed by atoms with Crippen molar-refractivity contribution in [3.8, 4) is 0 Å². The minimum absolute atomic E-state index is 0.314. The molecule has 3 heteroatoms. The van der Waals surface area contributed by atoms with Crippen LogP contribution in [0.2, 0.25) is 0 Å². The van der Waals surface area contributed by atoms with Gasteiger partial charge in [-0.3, -0.25) is 0 Å². The van der Waals surface area contributed by atoms with Gasteiger partial charge in [-0.1, -0.05) is 64.0 Å². The van der Waals surface area contributed by atoms with E-state index in [0.29, 0.717) is 17.9 Å². The molecule has 0 unspecified atom stereocenters. The fourth-order valence-electron chi connectivity index (χ4n) is 2.16. The standard InChI is InChI=1S/C17H27NO2/c1-2-3-4-5-6-7-8-11-14-20-17(19)15-12-9-10-13-16(15)18/h9-10,12-13H,2-8,11,14,18H2,1H3. The highest BCUT2D eigenvalue weighted by atomic mass is 16.5. The van der Waals surface area contributed by atoms with E-state index in [-0.39, 0.29) is 5.97 Å². The van der Waals surface area contributed by atoms with E-state index in [1.54, 1.807) is 18.2 Å². The van der Waals surface area contributed by atoms with Gasteiger partial charge in [0, 0.05) is 5.69 Å². The number of hydrogen-bond acceptors (Lipinski definition) is 3. The summed E-state index contributed by atoms with van der Waals surface area (Å²) in [5.41, 5.74) is 6.68. The topological polar surface area (TPSA) is 52.3 Å². The lowest BCUT2D eigenvalue weighted by atomic mass is 10.1. The molecule has 20 heavy (non-hydrogen) atoms. The maximum Gasteiger partial charge on any atom is 0.340 e. The van der Waals surface area contributed by atoms with Crippen LogP contribution in [0.3, 0.4) is 0 Å². The number of carbonyl (C=O) groups is 1. The van der Waals surface area contributed by atoms with Crippen LogP contribution in [0.4, 0.5) is 5.69 Å². The molecule has 1 rings (SSSR count). The number of rotatable bonds is 10. The Balaban J connectivity index is 2.04. The van der Waals surface area contributed by atoms with E-state index in [0.717, 1.165) is 12.8 Å². The van der Waals surface area contributed by atoms with Gasteiger partial charge < -0.3 is 10.5 Å². The number of nitrogens with two attached hydrogens (primary N) is 1. The number of hydrogen-bond donors (Lipinski definition) is 1. The van der Waals surface area contributed by atoms with Crippen LogP contribution in [-0.4, -0.2) is 12.6 Å². The van der Waals surface area contributed by atoms with E-state index in [9.17, 15) is 4.79 Å². The number of unbranched alkanes of at least 4 members (excludes halogenated alkanes) is 7. The molecule has 0 heterocycles. The molecule has 0 saturated heterocycles. The SMILES string of the molecule is CCCCCCCCCCOC(=O)c1ccccc1N. The summed E-state index contributed by atoms with van der Waals surface area (Å²) in [6.45, 7) is 2.72. The number of nitrogen functional groups attached to an aromatic ring is 1. The fourth-order valence-corrected chi connectivity index (χ4v) is 2.16. The highest BCUT2D eigenvalue weighted by Crippen LogP contribution is 2.12. The molecule has 0 bridgehead atoms. The summed E-state index contributed by atoms with van der Waals surface area (Å²) < 4.78 is 5.24. The van der Waals surface area contributed by atoms with Gasteiger partial charge in [0.25, 0.3) is 0 Å². The van der Waals surface area contributed by atoms with Gasteiger partial charge in [-0.25, -0.2) is 4.79 Å². The van der Waals surface area contributed by atoms with Crippen molar-refractivity contribution in [1.82, 2.24) is 0 Å². The molecule has 0 spiro atoms. The van der Waals surface area contributed by atoms with E-state index in [1.807, 2.05) is 6.07 Å². The summed E-state index contributed by atoms with van der Waals surface area (Å²) in [4.78, 5) is 11.8. The van der Waals surface area contributed by atoms with Crippen molar-refractivity contribution in [3.05, 3.63) is 29.8 Å². The number of esters is 1. The van der Waals surface area contributed by atoms with Gasteiger partial charge in [0.15, 0.2) is 0 Å². The zero-order chi connectivity index (χ0) is 14.6. The van der Waals surface area contributed by atoms with Crippen LogP contribution >= 0.6 is 0 Å². The first-order chi connectivity index (χ1) is 9.75. The largest absolute Gasteiger partial charge is 0.462 e. The normalized spacial score (nSPS) is 10.4. The van der Waals surface area contributed by atoms with Crippen molar-refractivity contribution in [2.75, 3.05) is 12.3 Å². The third-order valence-corrected chi connectivity index (χ3v) is 3.41. The molecule has 1 aromatic rings. The van der Waals surface area contributed by atoms with Gasteiger partial charge in [-0.2, -0.15) is 0 Å². The molecule has 1 aromatic carbocycles. The Morgan fingerprint density at radius 1 is 1.00 bits per heavy atom. The number of benzene rings is 1. The second-order valence-corrected chi connectivity index (χ2v) is 5.20. The molecule has 0 aliphatic rings. The number of ether oxygens (including phenoxy) is 1. The molecule has 0 amide bonds. The molecule has 0 aromatic heterocycles. The number of carbonyl (C=O) groups excluding carboxylic acids is 1. The first kappa shape index (κ1) is 16.5. The summed E-state index contributed by atoms with van der Waals surface area (Å²) in [7, 11) is 0.